The molecule has 0 saturated heterocycles. The van der Waals surface area contributed by atoms with Crippen LogP contribution in [0.15, 0.2) is 12.1 Å². The molecule has 0 bridgehead atoms. The number of nitro groups is 1. The average Bonchev–Trinajstić information content (AvgIpc) is 2.15. The van der Waals surface area contributed by atoms with E-state index in [-0.39, 0.29) is 10.6 Å². The van der Waals surface area contributed by atoms with Crippen LogP contribution in [0.25, 0.3) is 0 Å². The van der Waals surface area contributed by atoms with Gasteiger partial charge in [0, 0.05) is 17.2 Å². The van der Waals surface area contributed by atoms with E-state index < -0.39 is 28.4 Å². The van der Waals surface area contributed by atoms with E-state index in [1.54, 1.807) is 0 Å². The Balaban J connectivity index is 3.49. The molecule has 7 heteroatoms. The van der Waals surface area contributed by atoms with Crippen LogP contribution in [0.1, 0.15) is 29.3 Å². The van der Waals surface area contributed by atoms with Crippen LogP contribution in [0.2, 0.25) is 5.02 Å². The first-order valence-electron chi connectivity index (χ1n) is 4.11. The van der Waals surface area contributed by atoms with Gasteiger partial charge in [0.15, 0.2) is 5.78 Å². The van der Waals surface area contributed by atoms with Gasteiger partial charge in [-0.1, -0.05) is 11.6 Å². The lowest BCUT2D eigenvalue weighted by molar-refractivity contribution is -0.384. The molecule has 0 aliphatic heterocycles. The van der Waals surface area contributed by atoms with Crippen molar-refractivity contribution in [2.24, 2.45) is 0 Å². The van der Waals surface area contributed by atoms with E-state index in [9.17, 15) is 23.7 Å². The Hall–Kier alpha value is -1.56. The lowest BCUT2D eigenvalue weighted by Gasteiger charge is -2.06. The maximum Gasteiger partial charge on any atom is 0.288 e. The molecule has 0 amide bonds. The molecule has 0 aliphatic rings. The van der Waals surface area contributed by atoms with Crippen LogP contribution in [0.4, 0.5) is 14.5 Å². The van der Waals surface area contributed by atoms with Crippen LogP contribution < -0.4 is 0 Å². The van der Waals surface area contributed by atoms with Crippen molar-refractivity contribution < 1.29 is 18.5 Å². The number of halogens is 3. The van der Waals surface area contributed by atoms with Gasteiger partial charge in [0.1, 0.15) is 5.02 Å². The Bertz CT molecular complexity index is 462. The molecule has 86 valence electrons. The Morgan fingerprint density at radius 2 is 2.06 bits per heavy atom. The number of carbonyl (C=O) groups excluding carboxylic acids is 1. The third-order valence-electron chi connectivity index (χ3n) is 1.93. The zero-order valence-corrected chi connectivity index (χ0v) is 8.79. The zero-order chi connectivity index (χ0) is 12.5. The summed E-state index contributed by atoms with van der Waals surface area (Å²) in [5.41, 5.74) is -1.61. The number of ketones is 1. The topological polar surface area (TPSA) is 60.2 Å². The quantitative estimate of drug-likeness (QED) is 0.469. The first-order chi connectivity index (χ1) is 7.34. The fourth-order valence-corrected chi connectivity index (χ4v) is 1.44. The third-order valence-corrected chi connectivity index (χ3v) is 2.23. The molecule has 0 aliphatic carbocycles. The van der Waals surface area contributed by atoms with Crippen molar-refractivity contribution in [2.75, 3.05) is 0 Å². The molecular weight excluding hydrogens is 244 g/mol. The van der Waals surface area contributed by atoms with E-state index in [1.165, 1.54) is 0 Å². The smallest absolute Gasteiger partial charge is 0.288 e. The van der Waals surface area contributed by atoms with Gasteiger partial charge >= 0.3 is 0 Å². The number of rotatable bonds is 3. The van der Waals surface area contributed by atoms with E-state index >= 15 is 0 Å². The SMILES string of the molecule is CC(=O)c1cc(Cl)c([N+](=O)[O-])cc1C(F)F. The fourth-order valence-electron chi connectivity index (χ4n) is 1.20. The summed E-state index contributed by atoms with van der Waals surface area (Å²) >= 11 is 5.51. The molecule has 1 rings (SSSR count). The molecule has 0 atom stereocenters. The minimum atomic E-state index is -2.96. The van der Waals surface area contributed by atoms with Gasteiger partial charge in [-0.15, -0.1) is 0 Å². The van der Waals surface area contributed by atoms with Crippen LogP contribution in [-0.2, 0) is 0 Å². The second-order valence-electron chi connectivity index (χ2n) is 3.00. The van der Waals surface area contributed by atoms with Gasteiger partial charge in [-0.25, -0.2) is 8.78 Å². The molecule has 0 aromatic heterocycles. The maximum atomic E-state index is 12.5. The molecular formula is C9H6ClF2NO3. The highest BCUT2D eigenvalue weighted by Crippen LogP contribution is 2.33. The molecule has 0 spiro atoms. The highest BCUT2D eigenvalue weighted by Gasteiger charge is 2.23. The average molecular weight is 250 g/mol. The molecule has 0 fully saturated rings. The van der Waals surface area contributed by atoms with E-state index in [0.29, 0.717) is 6.07 Å². The number of hydrogen-bond acceptors (Lipinski definition) is 3. The van der Waals surface area contributed by atoms with Crippen molar-refractivity contribution in [1.82, 2.24) is 0 Å². The van der Waals surface area contributed by atoms with Crippen molar-refractivity contribution in [1.29, 1.82) is 0 Å². The molecule has 1 aromatic carbocycles. The van der Waals surface area contributed by atoms with E-state index in [0.717, 1.165) is 13.0 Å². The zero-order valence-electron chi connectivity index (χ0n) is 8.04. The fraction of sp³-hybridized carbons (Fsp3) is 0.222. The maximum absolute atomic E-state index is 12.5. The minimum Gasteiger partial charge on any atom is -0.294 e. The summed E-state index contributed by atoms with van der Waals surface area (Å²) < 4.78 is 25.1. The number of nitro benzene ring substituents is 1. The number of alkyl halides is 2. The molecule has 4 nitrogen and oxygen atoms in total. The molecule has 16 heavy (non-hydrogen) atoms. The summed E-state index contributed by atoms with van der Waals surface area (Å²) in [5, 5.41) is 10.1. The van der Waals surface area contributed by atoms with Crippen LogP contribution in [0.5, 0.6) is 0 Å². The lowest BCUT2D eigenvalue weighted by atomic mass is 10.0. The van der Waals surface area contributed by atoms with Crippen molar-refractivity contribution in [3.63, 3.8) is 0 Å². The Labute approximate surface area is 94.0 Å². The van der Waals surface area contributed by atoms with Crippen molar-refractivity contribution in [3.05, 3.63) is 38.4 Å². The molecule has 0 radical (unpaired) electrons. The molecule has 1 aromatic rings. The normalized spacial score (nSPS) is 10.6. The highest BCUT2D eigenvalue weighted by atomic mass is 35.5. The summed E-state index contributed by atoms with van der Waals surface area (Å²) in [6.45, 7) is 1.09. The minimum absolute atomic E-state index is 0.300. The number of Topliss-reactive ketones (excluding diaryl/α,β-unsaturated/α-hetero) is 1. The first-order valence-corrected chi connectivity index (χ1v) is 4.49. The molecule has 0 saturated carbocycles. The highest BCUT2D eigenvalue weighted by molar-refractivity contribution is 6.33. The summed E-state index contributed by atoms with van der Waals surface area (Å²) in [5.74, 6) is -0.618. The van der Waals surface area contributed by atoms with E-state index in [4.69, 9.17) is 11.6 Å². The van der Waals surface area contributed by atoms with Crippen LogP contribution >= 0.6 is 11.6 Å². The van der Waals surface area contributed by atoms with Crippen molar-refractivity contribution >= 4 is 23.1 Å². The summed E-state index contributed by atoms with van der Waals surface area (Å²) in [6.07, 6.45) is -2.96. The summed E-state index contributed by atoms with van der Waals surface area (Å²) in [4.78, 5) is 20.6. The Morgan fingerprint density at radius 1 is 1.50 bits per heavy atom. The van der Waals surface area contributed by atoms with Gasteiger partial charge < -0.3 is 0 Å². The first kappa shape index (κ1) is 12.5. The molecule has 0 unspecified atom stereocenters. The largest absolute Gasteiger partial charge is 0.294 e. The number of benzene rings is 1. The Morgan fingerprint density at radius 3 is 2.44 bits per heavy atom. The van der Waals surface area contributed by atoms with Crippen molar-refractivity contribution in [3.8, 4) is 0 Å². The van der Waals surface area contributed by atoms with Crippen LogP contribution in [0.3, 0.4) is 0 Å². The number of nitrogens with zero attached hydrogens (tertiary/aromatic N) is 1. The summed E-state index contributed by atoms with van der Waals surface area (Å²) in [7, 11) is 0. The number of carbonyl (C=O) groups is 1. The number of hydrogen-bond donors (Lipinski definition) is 0. The monoisotopic (exact) mass is 249 g/mol. The van der Waals surface area contributed by atoms with Crippen molar-refractivity contribution in [2.45, 2.75) is 13.3 Å². The van der Waals surface area contributed by atoms with Crippen LogP contribution in [0, 0.1) is 10.1 Å². The lowest BCUT2D eigenvalue weighted by Crippen LogP contribution is -2.02. The second-order valence-corrected chi connectivity index (χ2v) is 3.41. The van der Waals surface area contributed by atoms with Gasteiger partial charge in [0.2, 0.25) is 0 Å². The Kier molecular flexibility index (Phi) is 3.54. The van der Waals surface area contributed by atoms with Crippen LogP contribution in [-0.4, -0.2) is 10.7 Å². The standard InChI is InChI=1S/C9H6ClF2NO3/c1-4(14)5-2-7(10)8(13(15)16)3-6(5)9(11)12/h2-3,9H,1H3. The van der Waals surface area contributed by atoms with E-state index in [1.807, 2.05) is 0 Å². The molecule has 0 N–H and O–H groups in total. The van der Waals surface area contributed by atoms with Gasteiger partial charge in [0.25, 0.3) is 12.1 Å². The van der Waals surface area contributed by atoms with Gasteiger partial charge in [0.05, 0.1) is 4.92 Å². The van der Waals surface area contributed by atoms with E-state index in [2.05, 4.69) is 0 Å². The van der Waals surface area contributed by atoms with Gasteiger partial charge in [-0.3, -0.25) is 14.9 Å². The predicted molar refractivity (Wildman–Crippen MR) is 53.1 cm³/mol. The predicted octanol–water partition coefficient (Wildman–Crippen LogP) is 3.39. The molecule has 0 heterocycles. The summed E-state index contributed by atoms with van der Waals surface area (Å²) in [6, 6.07) is 1.52. The third kappa shape index (κ3) is 2.33. The second kappa shape index (κ2) is 4.52. The van der Waals surface area contributed by atoms with Gasteiger partial charge in [-0.05, 0) is 13.0 Å². The van der Waals surface area contributed by atoms with Gasteiger partial charge in [-0.2, -0.15) is 0 Å².